The summed E-state index contributed by atoms with van der Waals surface area (Å²) in [6, 6.07) is 7.46. The number of nitrogens with zero attached hydrogens (tertiary/aromatic N) is 3. The lowest BCUT2D eigenvalue weighted by atomic mass is 9.85. The van der Waals surface area contributed by atoms with Gasteiger partial charge in [0.1, 0.15) is 0 Å². The van der Waals surface area contributed by atoms with Crippen LogP contribution in [0.25, 0.3) is 0 Å². The van der Waals surface area contributed by atoms with Crippen molar-refractivity contribution in [1.29, 1.82) is 0 Å². The van der Waals surface area contributed by atoms with E-state index in [9.17, 15) is 9.59 Å². The minimum atomic E-state index is 0. The summed E-state index contributed by atoms with van der Waals surface area (Å²) in [5, 5.41) is 7.03. The molecule has 0 unspecified atom stereocenters. The number of carbonyl (C=O) groups excluding carboxylic acids is 2. The number of carbonyl (C=O) groups is 2. The van der Waals surface area contributed by atoms with Gasteiger partial charge in [0, 0.05) is 57.3 Å². The molecule has 1 aromatic rings. The molecule has 2 fully saturated rings. The third kappa shape index (κ3) is 7.82. The number of hydrogen-bond donors (Lipinski definition) is 2. The summed E-state index contributed by atoms with van der Waals surface area (Å²) in [5.41, 5.74) is 0.941. The molecule has 1 aromatic carbocycles. The maximum absolute atomic E-state index is 12.6. The molecule has 0 radical (unpaired) electrons. The summed E-state index contributed by atoms with van der Waals surface area (Å²) in [6.45, 7) is 4.30. The molecule has 2 amide bonds. The van der Waals surface area contributed by atoms with E-state index < -0.39 is 0 Å². The molecule has 1 aliphatic carbocycles. The monoisotopic (exact) mass is 561 g/mol. The van der Waals surface area contributed by atoms with E-state index in [1.807, 2.05) is 29.2 Å². The van der Waals surface area contributed by atoms with Gasteiger partial charge in [0.25, 0.3) is 0 Å². The van der Waals surface area contributed by atoms with Crippen molar-refractivity contribution in [1.82, 2.24) is 20.4 Å². The average Bonchev–Trinajstić information content (AvgIpc) is 2.69. The maximum Gasteiger partial charge on any atom is 0.227 e. The Labute approximate surface area is 207 Å². The van der Waals surface area contributed by atoms with Crippen LogP contribution >= 0.6 is 35.6 Å². The Morgan fingerprint density at radius 2 is 1.77 bits per heavy atom. The molecule has 1 aliphatic heterocycles. The smallest absolute Gasteiger partial charge is 0.227 e. The van der Waals surface area contributed by atoms with Crippen LogP contribution in [0.15, 0.2) is 29.3 Å². The number of halogens is 2. The molecule has 0 atom stereocenters. The summed E-state index contributed by atoms with van der Waals surface area (Å²) in [7, 11) is 1.78. The first kappa shape index (κ1) is 25.7. The molecular formula is C22H33ClIN5O2. The SMILES string of the molecule is CN=C(NCCCNC(=O)C1CCC1)N1CCN(C(=O)Cc2cccc(Cl)c2)CC1.I. The standard InChI is InChI=1S/C22H32ClN5O2.HI/c1-24-22(26-10-4-9-25-21(30)18-6-3-7-18)28-13-11-27(12-14-28)20(29)16-17-5-2-8-19(23)15-17;/h2,5,8,15,18H,3-4,6-7,9-14,16H2,1H3,(H,24,26)(H,25,30);1H. The molecule has 3 rings (SSSR count). The van der Waals surface area contributed by atoms with Gasteiger partial charge in [-0.25, -0.2) is 0 Å². The van der Waals surface area contributed by atoms with Crippen molar-refractivity contribution in [2.75, 3.05) is 46.3 Å². The first-order chi connectivity index (χ1) is 14.6. The van der Waals surface area contributed by atoms with E-state index in [-0.39, 0.29) is 41.7 Å². The van der Waals surface area contributed by atoms with Crippen LogP contribution in [0.1, 0.15) is 31.2 Å². The Hall–Kier alpha value is -1.55. The number of benzene rings is 1. The molecule has 31 heavy (non-hydrogen) atoms. The number of nitrogens with one attached hydrogen (secondary N) is 2. The quantitative estimate of drug-likeness (QED) is 0.232. The van der Waals surface area contributed by atoms with Gasteiger partial charge in [-0.3, -0.25) is 14.6 Å². The number of amides is 2. The molecule has 7 nitrogen and oxygen atoms in total. The van der Waals surface area contributed by atoms with E-state index in [1.54, 1.807) is 7.05 Å². The Morgan fingerprint density at radius 1 is 1.10 bits per heavy atom. The molecule has 9 heteroatoms. The molecule has 1 heterocycles. The molecule has 0 bridgehead atoms. The zero-order chi connectivity index (χ0) is 21.3. The minimum absolute atomic E-state index is 0. The minimum Gasteiger partial charge on any atom is -0.356 e. The Balaban J connectivity index is 0.00000341. The van der Waals surface area contributed by atoms with Crippen LogP contribution in [0, 0.1) is 5.92 Å². The predicted octanol–water partition coefficient (Wildman–Crippen LogP) is 2.53. The Morgan fingerprint density at radius 3 is 2.39 bits per heavy atom. The van der Waals surface area contributed by atoms with Gasteiger partial charge >= 0.3 is 0 Å². The molecule has 1 saturated heterocycles. The van der Waals surface area contributed by atoms with Gasteiger partial charge in [0.15, 0.2) is 5.96 Å². The van der Waals surface area contributed by atoms with Crippen molar-refractivity contribution >= 4 is 53.4 Å². The van der Waals surface area contributed by atoms with Gasteiger partial charge in [-0.05, 0) is 37.0 Å². The van der Waals surface area contributed by atoms with E-state index in [4.69, 9.17) is 11.6 Å². The van der Waals surface area contributed by atoms with Crippen molar-refractivity contribution in [3.8, 4) is 0 Å². The third-order valence-corrected chi connectivity index (χ3v) is 6.04. The molecule has 172 valence electrons. The van der Waals surface area contributed by atoms with E-state index >= 15 is 0 Å². The fourth-order valence-corrected chi connectivity index (χ4v) is 3.96. The fourth-order valence-electron chi connectivity index (χ4n) is 3.75. The Bertz CT molecular complexity index is 764. The van der Waals surface area contributed by atoms with Crippen molar-refractivity contribution < 1.29 is 9.59 Å². The highest BCUT2D eigenvalue weighted by Crippen LogP contribution is 2.26. The van der Waals surface area contributed by atoms with Crippen LogP contribution in [0.5, 0.6) is 0 Å². The highest BCUT2D eigenvalue weighted by molar-refractivity contribution is 14.0. The van der Waals surface area contributed by atoms with Crippen LogP contribution in [-0.4, -0.2) is 73.9 Å². The summed E-state index contributed by atoms with van der Waals surface area (Å²) < 4.78 is 0. The highest BCUT2D eigenvalue weighted by Gasteiger charge is 2.25. The van der Waals surface area contributed by atoms with Crippen molar-refractivity contribution in [2.24, 2.45) is 10.9 Å². The maximum atomic E-state index is 12.6. The van der Waals surface area contributed by atoms with Gasteiger partial charge in [0.2, 0.25) is 11.8 Å². The van der Waals surface area contributed by atoms with E-state index in [1.165, 1.54) is 6.42 Å². The van der Waals surface area contributed by atoms with Crippen LogP contribution in [0.4, 0.5) is 0 Å². The Kier molecular flexibility index (Phi) is 10.9. The number of hydrogen-bond acceptors (Lipinski definition) is 3. The topological polar surface area (TPSA) is 77.0 Å². The van der Waals surface area contributed by atoms with Crippen molar-refractivity contribution in [3.05, 3.63) is 34.9 Å². The number of aliphatic imine (C=N–C) groups is 1. The molecule has 2 N–H and O–H groups in total. The zero-order valence-electron chi connectivity index (χ0n) is 18.1. The lowest BCUT2D eigenvalue weighted by molar-refractivity contribution is -0.131. The summed E-state index contributed by atoms with van der Waals surface area (Å²) >= 11 is 6.01. The van der Waals surface area contributed by atoms with Gasteiger partial charge in [-0.15, -0.1) is 24.0 Å². The van der Waals surface area contributed by atoms with Gasteiger partial charge in [-0.1, -0.05) is 30.2 Å². The van der Waals surface area contributed by atoms with E-state index in [2.05, 4.69) is 20.5 Å². The normalized spacial score (nSPS) is 16.9. The van der Waals surface area contributed by atoms with E-state index in [0.29, 0.717) is 31.1 Å². The second kappa shape index (κ2) is 13.1. The highest BCUT2D eigenvalue weighted by atomic mass is 127. The lowest BCUT2D eigenvalue weighted by Gasteiger charge is -2.36. The van der Waals surface area contributed by atoms with E-state index in [0.717, 1.165) is 50.4 Å². The molecule has 0 aromatic heterocycles. The number of rotatable bonds is 7. The third-order valence-electron chi connectivity index (χ3n) is 5.80. The van der Waals surface area contributed by atoms with Crippen LogP contribution < -0.4 is 10.6 Å². The van der Waals surface area contributed by atoms with Gasteiger partial charge < -0.3 is 20.4 Å². The predicted molar refractivity (Wildman–Crippen MR) is 135 cm³/mol. The average molecular weight is 562 g/mol. The zero-order valence-corrected chi connectivity index (χ0v) is 21.2. The summed E-state index contributed by atoms with van der Waals surface area (Å²) in [5.74, 6) is 1.41. The molecule has 1 saturated carbocycles. The number of piperazine rings is 1. The molecular weight excluding hydrogens is 529 g/mol. The van der Waals surface area contributed by atoms with Gasteiger partial charge in [-0.2, -0.15) is 0 Å². The molecule has 2 aliphatic rings. The first-order valence-electron chi connectivity index (χ1n) is 10.8. The van der Waals surface area contributed by atoms with Crippen LogP contribution in [0.2, 0.25) is 5.02 Å². The van der Waals surface area contributed by atoms with Crippen molar-refractivity contribution in [2.45, 2.75) is 32.1 Å². The van der Waals surface area contributed by atoms with Crippen LogP contribution in [0.3, 0.4) is 0 Å². The lowest BCUT2D eigenvalue weighted by Crippen LogP contribution is -2.54. The first-order valence-corrected chi connectivity index (χ1v) is 11.2. The summed E-state index contributed by atoms with van der Waals surface area (Å²) in [4.78, 5) is 32.9. The second-order valence-corrected chi connectivity index (χ2v) is 8.36. The largest absolute Gasteiger partial charge is 0.356 e. The van der Waals surface area contributed by atoms with Gasteiger partial charge in [0.05, 0.1) is 6.42 Å². The van der Waals surface area contributed by atoms with Crippen LogP contribution in [-0.2, 0) is 16.0 Å². The molecule has 0 spiro atoms. The fraction of sp³-hybridized carbons (Fsp3) is 0.591. The van der Waals surface area contributed by atoms with Crippen molar-refractivity contribution in [3.63, 3.8) is 0 Å². The second-order valence-electron chi connectivity index (χ2n) is 7.92. The number of guanidine groups is 1. The summed E-state index contributed by atoms with van der Waals surface area (Å²) in [6.07, 6.45) is 4.47.